The monoisotopic (exact) mass is 365 g/mol. The molecule has 11 nitrogen and oxygen atoms in total. The van der Waals surface area contributed by atoms with Crippen LogP contribution in [-0.4, -0.2) is 59.7 Å². The molecule has 2 heterocycles. The Hall–Kier alpha value is -1.57. The minimum atomic E-state index is -4.24. The lowest BCUT2D eigenvalue weighted by molar-refractivity contribution is -0.0522. The normalized spacial score (nSPS) is 27.5. The Morgan fingerprint density at radius 3 is 2.71 bits per heavy atom. The Labute approximate surface area is 137 Å². The summed E-state index contributed by atoms with van der Waals surface area (Å²) in [7, 11) is -4.24. The number of aliphatic hydroxyl groups excluding tert-OH is 2. The standard InChI is InChI=1S/C12H19N3O8S/c1-2-5-21-24(19,20)22-6-7-9(16)10(17)11(23-7)15-4-3-8(13)14-12(15)18/h3-4,7,9-11,16-17H,2,5-6H2,1H3,(H2,13,14,18)/t7-,9-,10-,11-/m1/s1. The molecule has 136 valence electrons. The summed E-state index contributed by atoms with van der Waals surface area (Å²) in [6.07, 6.45) is -3.68. The Kier molecular flexibility index (Phi) is 5.90. The first-order chi connectivity index (χ1) is 11.2. The Morgan fingerprint density at radius 1 is 1.38 bits per heavy atom. The smallest absolute Gasteiger partial charge is 0.387 e. The number of hydrogen-bond acceptors (Lipinski definition) is 10. The van der Waals surface area contributed by atoms with Crippen molar-refractivity contribution in [1.82, 2.24) is 9.55 Å². The van der Waals surface area contributed by atoms with Crippen molar-refractivity contribution < 1.29 is 31.7 Å². The average molecular weight is 365 g/mol. The fourth-order valence-electron chi connectivity index (χ4n) is 2.09. The van der Waals surface area contributed by atoms with Crippen LogP contribution in [0.3, 0.4) is 0 Å². The van der Waals surface area contributed by atoms with Crippen molar-refractivity contribution in [1.29, 1.82) is 0 Å². The number of rotatable bonds is 7. The van der Waals surface area contributed by atoms with E-state index in [1.165, 1.54) is 12.3 Å². The van der Waals surface area contributed by atoms with E-state index in [1.807, 2.05) is 0 Å². The van der Waals surface area contributed by atoms with Crippen LogP contribution in [0.25, 0.3) is 0 Å². The van der Waals surface area contributed by atoms with E-state index in [0.29, 0.717) is 6.42 Å². The molecule has 12 heteroatoms. The molecular weight excluding hydrogens is 346 g/mol. The lowest BCUT2D eigenvalue weighted by atomic mass is 10.1. The molecular formula is C12H19N3O8S. The number of aliphatic hydroxyl groups is 2. The van der Waals surface area contributed by atoms with Crippen LogP contribution < -0.4 is 11.4 Å². The Bertz CT molecular complexity index is 721. The number of anilines is 1. The van der Waals surface area contributed by atoms with E-state index in [2.05, 4.69) is 13.4 Å². The first-order valence-corrected chi connectivity index (χ1v) is 8.48. The van der Waals surface area contributed by atoms with Crippen LogP contribution >= 0.6 is 0 Å². The van der Waals surface area contributed by atoms with Gasteiger partial charge in [0.15, 0.2) is 6.23 Å². The second-order valence-electron chi connectivity index (χ2n) is 5.10. The molecule has 4 atom stereocenters. The van der Waals surface area contributed by atoms with Crippen molar-refractivity contribution in [2.45, 2.75) is 37.9 Å². The highest BCUT2D eigenvalue weighted by atomic mass is 32.3. The molecule has 0 spiro atoms. The summed E-state index contributed by atoms with van der Waals surface area (Å²) in [5, 5.41) is 20.0. The lowest BCUT2D eigenvalue weighted by Crippen LogP contribution is -2.36. The first kappa shape index (κ1) is 18.8. The van der Waals surface area contributed by atoms with E-state index in [4.69, 9.17) is 10.5 Å². The van der Waals surface area contributed by atoms with E-state index >= 15 is 0 Å². The van der Waals surface area contributed by atoms with Crippen LogP contribution in [0, 0.1) is 0 Å². The highest BCUT2D eigenvalue weighted by Crippen LogP contribution is 2.28. The van der Waals surface area contributed by atoms with Gasteiger partial charge in [0.25, 0.3) is 0 Å². The van der Waals surface area contributed by atoms with Crippen molar-refractivity contribution in [2.24, 2.45) is 0 Å². The predicted octanol–water partition coefficient (Wildman–Crippen LogP) is -1.87. The number of aromatic nitrogens is 2. The summed E-state index contributed by atoms with van der Waals surface area (Å²) in [6, 6.07) is 1.32. The van der Waals surface area contributed by atoms with E-state index in [9.17, 15) is 23.4 Å². The third-order valence-corrected chi connectivity index (χ3v) is 4.15. The summed E-state index contributed by atoms with van der Waals surface area (Å²) in [5.74, 6) is -0.0108. The van der Waals surface area contributed by atoms with Gasteiger partial charge < -0.3 is 20.7 Å². The first-order valence-electron chi connectivity index (χ1n) is 7.15. The van der Waals surface area contributed by atoms with Crippen LogP contribution in [0.1, 0.15) is 19.6 Å². The summed E-state index contributed by atoms with van der Waals surface area (Å²) in [4.78, 5) is 15.3. The zero-order valence-electron chi connectivity index (χ0n) is 12.8. The number of nitrogens with zero attached hydrogens (tertiary/aromatic N) is 2. The number of hydrogen-bond donors (Lipinski definition) is 3. The van der Waals surface area contributed by atoms with Crippen molar-refractivity contribution in [3.63, 3.8) is 0 Å². The highest BCUT2D eigenvalue weighted by molar-refractivity contribution is 7.81. The average Bonchev–Trinajstić information content (AvgIpc) is 2.79. The molecule has 1 aliphatic heterocycles. The molecule has 0 bridgehead atoms. The Morgan fingerprint density at radius 2 is 2.08 bits per heavy atom. The lowest BCUT2D eigenvalue weighted by Gasteiger charge is -2.16. The molecule has 0 aliphatic carbocycles. The molecule has 1 aromatic heterocycles. The molecule has 0 saturated carbocycles. The van der Waals surface area contributed by atoms with Gasteiger partial charge in [0.1, 0.15) is 24.1 Å². The maximum Gasteiger partial charge on any atom is 0.399 e. The van der Waals surface area contributed by atoms with Crippen LogP contribution in [0.2, 0.25) is 0 Å². The summed E-state index contributed by atoms with van der Waals surface area (Å²) in [6.45, 7) is 1.09. The molecule has 0 radical (unpaired) electrons. The molecule has 0 amide bonds. The fourth-order valence-corrected chi connectivity index (χ4v) is 2.83. The molecule has 1 aliphatic rings. The molecule has 2 rings (SSSR count). The predicted molar refractivity (Wildman–Crippen MR) is 79.9 cm³/mol. The maximum atomic E-state index is 11.8. The van der Waals surface area contributed by atoms with E-state index in [0.717, 1.165) is 4.57 Å². The van der Waals surface area contributed by atoms with Gasteiger partial charge in [-0.05, 0) is 12.5 Å². The quantitative estimate of drug-likeness (QED) is 0.499. The minimum Gasteiger partial charge on any atom is -0.387 e. The van der Waals surface area contributed by atoms with E-state index in [1.54, 1.807) is 6.92 Å². The summed E-state index contributed by atoms with van der Waals surface area (Å²) < 4.78 is 38.3. The molecule has 24 heavy (non-hydrogen) atoms. The van der Waals surface area contributed by atoms with Crippen molar-refractivity contribution in [3.05, 3.63) is 22.7 Å². The minimum absolute atomic E-state index is 0.0108. The molecule has 1 saturated heterocycles. The van der Waals surface area contributed by atoms with Gasteiger partial charge in [-0.15, -0.1) is 0 Å². The SMILES string of the molecule is CCCOS(=O)(=O)OC[C@H]1O[C@@H](n2ccc(N)nc2=O)[C@H](O)[C@@H]1O. The van der Waals surface area contributed by atoms with Crippen LogP contribution in [-0.2, 0) is 23.5 Å². The Balaban J connectivity index is 2.06. The zero-order chi connectivity index (χ0) is 17.9. The fraction of sp³-hybridized carbons (Fsp3) is 0.667. The van der Waals surface area contributed by atoms with Crippen molar-refractivity contribution in [3.8, 4) is 0 Å². The molecule has 0 aromatic carbocycles. The van der Waals surface area contributed by atoms with Crippen LogP contribution in [0.4, 0.5) is 5.82 Å². The number of nitrogens with two attached hydrogens (primary N) is 1. The van der Waals surface area contributed by atoms with Gasteiger partial charge in [-0.25, -0.2) is 13.2 Å². The van der Waals surface area contributed by atoms with Gasteiger partial charge >= 0.3 is 16.1 Å². The molecule has 4 N–H and O–H groups in total. The molecule has 0 unspecified atom stereocenters. The summed E-state index contributed by atoms with van der Waals surface area (Å²) >= 11 is 0. The maximum absolute atomic E-state index is 11.8. The van der Waals surface area contributed by atoms with Gasteiger partial charge in [0.05, 0.1) is 13.2 Å². The second kappa shape index (κ2) is 7.55. The number of nitrogen functional groups attached to an aromatic ring is 1. The topological polar surface area (TPSA) is 163 Å². The van der Waals surface area contributed by atoms with Crippen LogP contribution in [0.5, 0.6) is 0 Å². The van der Waals surface area contributed by atoms with E-state index in [-0.39, 0.29) is 12.4 Å². The molecule has 1 fully saturated rings. The van der Waals surface area contributed by atoms with Gasteiger partial charge in [-0.2, -0.15) is 13.4 Å². The van der Waals surface area contributed by atoms with Gasteiger partial charge in [0, 0.05) is 6.20 Å². The van der Waals surface area contributed by atoms with Gasteiger partial charge in [0.2, 0.25) is 0 Å². The summed E-state index contributed by atoms with van der Waals surface area (Å²) in [5.41, 5.74) is 4.59. The second-order valence-corrected chi connectivity index (χ2v) is 6.39. The van der Waals surface area contributed by atoms with Gasteiger partial charge in [-0.1, -0.05) is 6.92 Å². The van der Waals surface area contributed by atoms with Crippen LogP contribution in [0.15, 0.2) is 17.1 Å². The largest absolute Gasteiger partial charge is 0.399 e. The van der Waals surface area contributed by atoms with Crippen molar-refractivity contribution in [2.75, 3.05) is 18.9 Å². The van der Waals surface area contributed by atoms with E-state index < -0.39 is 47.2 Å². The highest BCUT2D eigenvalue weighted by Gasteiger charge is 2.44. The van der Waals surface area contributed by atoms with Crippen molar-refractivity contribution >= 4 is 16.2 Å². The van der Waals surface area contributed by atoms with Gasteiger partial charge in [-0.3, -0.25) is 4.57 Å². The zero-order valence-corrected chi connectivity index (χ0v) is 13.6. The molecule has 1 aromatic rings. The third kappa shape index (κ3) is 4.28. The number of ether oxygens (including phenoxy) is 1. The third-order valence-electron chi connectivity index (χ3n) is 3.27.